The van der Waals surface area contributed by atoms with Gasteiger partial charge in [-0.3, -0.25) is 0 Å². The van der Waals surface area contributed by atoms with Crippen LogP contribution in [0.3, 0.4) is 0 Å². The first-order valence-electron chi connectivity index (χ1n) is 12.5. The van der Waals surface area contributed by atoms with Gasteiger partial charge in [-0.15, -0.1) is 0 Å². The Bertz CT molecular complexity index is 701. The van der Waals surface area contributed by atoms with E-state index < -0.39 is 0 Å². The van der Waals surface area contributed by atoms with Gasteiger partial charge in [0, 0.05) is 0 Å². The number of rotatable bonds is 14. The lowest BCUT2D eigenvalue weighted by Crippen LogP contribution is -2.23. The van der Waals surface area contributed by atoms with E-state index in [2.05, 4.69) is 71.6 Å². The summed E-state index contributed by atoms with van der Waals surface area (Å²) in [5, 5.41) is 9.16. The molecule has 1 heterocycles. The average molecular weight is 441 g/mol. The fraction of sp³-hybridized carbons (Fsp3) is 0.600. The van der Waals surface area contributed by atoms with E-state index in [1.165, 1.54) is 66.4 Å². The number of allylic oxidation sites excluding steroid dienone is 9. The zero-order valence-electron chi connectivity index (χ0n) is 21.5. The fourth-order valence-electron chi connectivity index (χ4n) is 3.86. The molecule has 2 nitrogen and oxygen atoms in total. The third kappa shape index (κ3) is 13.7. The molecule has 180 valence electrons. The van der Waals surface area contributed by atoms with Crippen LogP contribution in [0.5, 0.6) is 0 Å². The van der Waals surface area contributed by atoms with Gasteiger partial charge >= 0.3 is 0 Å². The van der Waals surface area contributed by atoms with Gasteiger partial charge in [0.05, 0.1) is 19.3 Å². The van der Waals surface area contributed by atoms with E-state index in [4.69, 9.17) is 9.84 Å². The first kappa shape index (κ1) is 28.4. The van der Waals surface area contributed by atoms with Gasteiger partial charge < -0.3 is 9.84 Å². The summed E-state index contributed by atoms with van der Waals surface area (Å²) in [6.07, 6.45) is 23.1. The third-order valence-electron chi connectivity index (χ3n) is 6.12. The maximum atomic E-state index is 9.16. The van der Waals surface area contributed by atoms with Crippen LogP contribution in [0.2, 0.25) is 0 Å². The van der Waals surface area contributed by atoms with Crippen molar-refractivity contribution in [1.82, 2.24) is 0 Å². The Morgan fingerprint density at radius 3 is 2.12 bits per heavy atom. The van der Waals surface area contributed by atoms with Gasteiger partial charge in [-0.1, -0.05) is 59.3 Å². The van der Waals surface area contributed by atoms with Crippen molar-refractivity contribution in [2.24, 2.45) is 0 Å². The Morgan fingerprint density at radius 1 is 0.906 bits per heavy atom. The van der Waals surface area contributed by atoms with E-state index in [9.17, 15) is 0 Å². The van der Waals surface area contributed by atoms with Gasteiger partial charge in [0.25, 0.3) is 0 Å². The molecule has 1 aliphatic rings. The highest BCUT2D eigenvalue weighted by Gasteiger charge is 2.18. The van der Waals surface area contributed by atoms with Crippen molar-refractivity contribution in [3.63, 3.8) is 0 Å². The highest BCUT2D eigenvalue weighted by molar-refractivity contribution is 5.14. The number of hydrogen-bond acceptors (Lipinski definition) is 2. The molecule has 1 N–H and O–H groups in total. The lowest BCUT2D eigenvalue weighted by atomic mass is 9.99. The zero-order valence-corrected chi connectivity index (χ0v) is 21.5. The molecule has 0 amide bonds. The molecule has 1 rings (SSSR count). The summed E-state index contributed by atoms with van der Waals surface area (Å²) in [5.74, 6) is 0. The Morgan fingerprint density at radius 2 is 1.53 bits per heavy atom. The van der Waals surface area contributed by atoms with Gasteiger partial charge in [0.15, 0.2) is 0 Å². The van der Waals surface area contributed by atoms with Crippen molar-refractivity contribution in [1.29, 1.82) is 0 Å². The van der Waals surface area contributed by atoms with Gasteiger partial charge in [0.2, 0.25) is 0 Å². The Balaban J connectivity index is 2.20. The van der Waals surface area contributed by atoms with Crippen LogP contribution in [0.15, 0.2) is 70.4 Å². The number of unbranched alkanes of at least 4 members (excludes halogenated alkanes) is 1. The predicted molar refractivity (Wildman–Crippen MR) is 141 cm³/mol. The van der Waals surface area contributed by atoms with E-state index in [-0.39, 0.29) is 12.7 Å². The maximum Gasteiger partial charge on any atom is 0.0811 e. The second-order valence-electron chi connectivity index (χ2n) is 9.66. The molecule has 1 atom stereocenters. The minimum absolute atomic E-state index is 0.0218. The average Bonchev–Trinajstić information content (AvgIpc) is 2.76. The normalized spacial score (nSPS) is 19.4. The van der Waals surface area contributed by atoms with Crippen molar-refractivity contribution < 1.29 is 9.84 Å². The molecule has 0 aliphatic carbocycles. The van der Waals surface area contributed by atoms with Crippen LogP contribution in [0, 0.1) is 0 Å². The minimum Gasteiger partial charge on any atom is -0.392 e. The smallest absolute Gasteiger partial charge is 0.0811 e. The van der Waals surface area contributed by atoms with Crippen LogP contribution >= 0.6 is 0 Å². The zero-order chi connectivity index (χ0) is 23.8. The summed E-state index contributed by atoms with van der Waals surface area (Å²) in [4.78, 5) is 0. The number of aliphatic hydroxyl groups excluding tert-OH is 1. The Labute approximate surface area is 198 Å². The summed E-state index contributed by atoms with van der Waals surface area (Å²) in [6, 6.07) is 0. The fourth-order valence-corrected chi connectivity index (χ4v) is 3.86. The second-order valence-corrected chi connectivity index (χ2v) is 9.66. The van der Waals surface area contributed by atoms with Crippen LogP contribution in [-0.4, -0.2) is 24.4 Å². The molecule has 0 bridgehead atoms. The molecule has 0 radical (unpaired) electrons. The van der Waals surface area contributed by atoms with Crippen LogP contribution in [0.4, 0.5) is 0 Å². The van der Waals surface area contributed by atoms with E-state index >= 15 is 0 Å². The molecule has 0 aromatic carbocycles. The quantitative estimate of drug-likeness (QED) is 0.216. The van der Waals surface area contributed by atoms with Gasteiger partial charge in [-0.2, -0.15) is 0 Å². The lowest BCUT2D eigenvalue weighted by molar-refractivity contribution is 0.0600. The van der Waals surface area contributed by atoms with E-state index in [1.54, 1.807) is 0 Å². The summed E-state index contributed by atoms with van der Waals surface area (Å²) in [6.45, 7) is 15.7. The van der Waals surface area contributed by atoms with Gasteiger partial charge in [-0.05, 0) is 110 Å². The molecule has 1 fully saturated rings. The maximum absolute atomic E-state index is 9.16. The largest absolute Gasteiger partial charge is 0.392 e. The third-order valence-corrected chi connectivity index (χ3v) is 6.12. The number of hydrogen-bond donors (Lipinski definition) is 1. The summed E-state index contributed by atoms with van der Waals surface area (Å²) in [7, 11) is 0. The van der Waals surface area contributed by atoms with Crippen LogP contribution in [0.25, 0.3) is 0 Å². The number of aliphatic hydroxyl groups is 1. The monoisotopic (exact) mass is 440 g/mol. The molecule has 32 heavy (non-hydrogen) atoms. The highest BCUT2D eigenvalue weighted by atomic mass is 16.5. The topological polar surface area (TPSA) is 29.5 Å². The Hall–Kier alpha value is -1.64. The molecular formula is C30H48O2. The summed E-state index contributed by atoms with van der Waals surface area (Å²) in [5.41, 5.74) is 8.09. The lowest BCUT2D eigenvalue weighted by Gasteiger charge is -2.25. The first-order chi connectivity index (χ1) is 15.3. The van der Waals surface area contributed by atoms with Crippen molar-refractivity contribution in [2.45, 2.75) is 105 Å². The molecule has 1 saturated heterocycles. The standard InChI is InChI=1S/C30H48O2/c1-24(2)12-9-15-27(5)17-10-16-25(3)13-7-8-14-26(4)18-11-19-29-20-21-30(32-23-29)28(6)22-31/h12-13,17-19,30-31H,6-11,14-16,20-23H2,1-5H3/b25-13+,26-18+,27-17+,29-19-/t30-/m1/s1. The van der Waals surface area contributed by atoms with E-state index in [0.29, 0.717) is 6.61 Å². The van der Waals surface area contributed by atoms with Crippen molar-refractivity contribution >= 4 is 0 Å². The Kier molecular flexibility index (Phi) is 15.0. The molecule has 2 heteroatoms. The van der Waals surface area contributed by atoms with Crippen molar-refractivity contribution in [3.8, 4) is 0 Å². The predicted octanol–water partition coefficient (Wildman–Crippen LogP) is 8.57. The van der Waals surface area contributed by atoms with Gasteiger partial charge in [0.1, 0.15) is 0 Å². The van der Waals surface area contributed by atoms with E-state index in [0.717, 1.165) is 31.3 Å². The minimum atomic E-state index is 0.0218. The van der Waals surface area contributed by atoms with E-state index in [1.807, 2.05) is 0 Å². The SMILES string of the molecule is C=C(CO)[C@H]1CC/C(=C/C/C=C(\C)CCC/C=C(\C)CC/C=C(\C)CCC=C(C)C)CO1. The molecule has 0 unspecified atom stereocenters. The van der Waals surface area contributed by atoms with Crippen LogP contribution in [0.1, 0.15) is 98.8 Å². The molecule has 0 aromatic heterocycles. The highest BCUT2D eigenvalue weighted by Crippen LogP contribution is 2.23. The number of ether oxygens (including phenoxy) is 1. The van der Waals surface area contributed by atoms with Crippen molar-refractivity contribution in [2.75, 3.05) is 13.2 Å². The van der Waals surface area contributed by atoms with Crippen LogP contribution in [-0.2, 0) is 4.74 Å². The summed E-state index contributed by atoms with van der Waals surface area (Å²) >= 11 is 0. The first-order valence-corrected chi connectivity index (χ1v) is 12.5. The molecule has 0 aromatic rings. The molecular weight excluding hydrogens is 392 g/mol. The molecule has 0 spiro atoms. The van der Waals surface area contributed by atoms with Crippen molar-refractivity contribution in [3.05, 3.63) is 70.4 Å². The van der Waals surface area contributed by atoms with Crippen LogP contribution < -0.4 is 0 Å². The molecule has 1 aliphatic heterocycles. The van der Waals surface area contributed by atoms with Gasteiger partial charge in [-0.25, -0.2) is 0 Å². The summed E-state index contributed by atoms with van der Waals surface area (Å²) < 4.78 is 5.81. The molecule has 0 saturated carbocycles. The second kappa shape index (κ2) is 16.9.